The zero-order valence-electron chi connectivity index (χ0n) is 17.5. The predicted molar refractivity (Wildman–Crippen MR) is 119 cm³/mol. The highest BCUT2D eigenvalue weighted by molar-refractivity contribution is 6.31. The summed E-state index contributed by atoms with van der Waals surface area (Å²) in [4.78, 5) is 34.1. The second-order valence-corrected chi connectivity index (χ2v) is 7.79. The normalized spacial score (nSPS) is 10.9. The van der Waals surface area contributed by atoms with E-state index in [2.05, 4.69) is 9.97 Å². The van der Waals surface area contributed by atoms with E-state index < -0.39 is 0 Å². The van der Waals surface area contributed by atoms with E-state index in [1.54, 1.807) is 23.1 Å². The lowest BCUT2D eigenvalue weighted by Gasteiger charge is -2.22. The molecule has 1 heterocycles. The van der Waals surface area contributed by atoms with Gasteiger partial charge in [-0.2, -0.15) is 0 Å². The molecule has 2 aromatic carbocycles. The minimum Gasteiger partial charge on any atom is -0.493 e. The van der Waals surface area contributed by atoms with Crippen molar-refractivity contribution in [2.45, 2.75) is 40.2 Å². The first-order valence-electron chi connectivity index (χ1n) is 10.0. The third kappa shape index (κ3) is 5.39. The van der Waals surface area contributed by atoms with E-state index >= 15 is 0 Å². The Morgan fingerprint density at radius 3 is 2.77 bits per heavy atom. The quantitative estimate of drug-likeness (QED) is 0.578. The molecule has 0 saturated heterocycles. The molecule has 1 N–H and O–H groups in total. The van der Waals surface area contributed by atoms with Gasteiger partial charge in [0.25, 0.3) is 5.56 Å². The summed E-state index contributed by atoms with van der Waals surface area (Å²) in [5, 5.41) is 0.982. The monoisotopic (exact) mass is 427 g/mol. The zero-order valence-corrected chi connectivity index (χ0v) is 18.3. The number of hydrogen-bond donors (Lipinski definition) is 1. The summed E-state index contributed by atoms with van der Waals surface area (Å²) in [6.07, 6.45) is 1.05. The summed E-state index contributed by atoms with van der Waals surface area (Å²) >= 11 is 6.03. The van der Waals surface area contributed by atoms with Gasteiger partial charge in [-0.05, 0) is 55.7 Å². The van der Waals surface area contributed by atoms with Crippen LogP contribution in [0.3, 0.4) is 0 Å². The van der Waals surface area contributed by atoms with Gasteiger partial charge >= 0.3 is 0 Å². The summed E-state index contributed by atoms with van der Waals surface area (Å²) in [6.45, 7) is 7.08. The molecule has 0 atom stereocenters. The zero-order chi connectivity index (χ0) is 21.7. The van der Waals surface area contributed by atoms with Crippen LogP contribution in [-0.4, -0.2) is 33.9 Å². The fraction of sp³-hybridized carbons (Fsp3) is 0.348. The van der Waals surface area contributed by atoms with Gasteiger partial charge in [-0.3, -0.25) is 9.59 Å². The van der Waals surface area contributed by atoms with Gasteiger partial charge in [0.2, 0.25) is 5.91 Å². The molecule has 0 radical (unpaired) electrons. The minimum atomic E-state index is -0.242. The molecule has 3 rings (SSSR count). The van der Waals surface area contributed by atoms with E-state index in [1.807, 2.05) is 39.0 Å². The van der Waals surface area contributed by atoms with Gasteiger partial charge in [0.1, 0.15) is 11.6 Å². The van der Waals surface area contributed by atoms with Crippen LogP contribution in [0.5, 0.6) is 5.75 Å². The fourth-order valence-electron chi connectivity index (χ4n) is 3.25. The Hall–Kier alpha value is -2.86. The molecule has 3 aromatic rings. The number of aromatic nitrogens is 2. The Labute approximate surface area is 180 Å². The number of aryl methyl sites for hydroxylation is 2. The summed E-state index contributed by atoms with van der Waals surface area (Å²) < 4.78 is 5.82. The predicted octanol–water partition coefficient (Wildman–Crippen LogP) is 4.40. The third-order valence-corrected chi connectivity index (χ3v) is 5.06. The summed E-state index contributed by atoms with van der Waals surface area (Å²) in [7, 11) is 0. The van der Waals surface area contributed by atoms with Crippen molar-refractivity contribution in [1.29, 1.82) is 0 Å². The molecule has 30 heavy (non-hydrogen) atoms. The summed E-state index contributed by atoms with van der Waals surface area (Å²) in [5.41, 5.74) is 2.42. The van der Waals surface area contributed by atoms with Crippen molar-refractivity contribution in [2.24, 2.45) is 0 Å². The molecule has 0 bridgehead atoms. The number of halogens is 1. The van der Waals surface area contributed by atoms with Crippen LogP contribution in [0.4, 0.5) is 0 Å². The number of benzene rings is 2. The van der Waals surface area contributed by atoms with Gasteiger partial charge in [0.05, 0.1) is 30.5 Å². The van der Waals surface area contributed by atoms with Gasteiger partial charge in [-0.15, -0.1) is 0 Å². The van der Waals surface area contributed by atoms with Crippen LogP contribution in [0.2, 0.25) is 5.02 Å². The van der Waals surface area contributed by atoms with E-state index in [0.717, 1.165) is 23.3 Å². The maximum Gasteiger partial charge on any atom is 0.258 e. The molecule has 0 saturated carbocycles. The van der Waals surface area contributed by atoms with Gasteiger partial charge in [0.15, 0.2) is 0 Å². The van der Waals surface area contributed by atoms with Crippen molar-refractivity contribution >= 4 is 28.4 Å². The number of ether oxygens (including phenoxy) is 1. The molecule has 6 nitrogen and oxygen atoms in total. The van der Waals surface area contributed by atoms with Crippen molar-refractivity contribution in [2.75, 3.05) is 13.2 Å². The standard InChI is InChI=1S/C23H26ClN3O3/c1-4-10-27(22(28)9-11-30-20-12-15(2)5-6-16(20)3)14-21-25-19-13-17(24)7-8-18(19)23(29)26-21/h5-8,12-13H,4,9-11,14H2,1-3H3,(H,25,26,29). The van der Waals surface area contributed by atoms with E-state index in [-0.39, 0.29) is 24.4 Å². The van der Waals surface area contributed by atoms with Crippen LogP contribution in [0.1, 0.15) is 36.7 Å². The second-order valence-electron chi connectivity index (χ2n) is 7.36. The Balaban J connectivity index is 1.69. The Morgan fingerprint density at radius 1 is 1.20 bits per heavy atom. The number of rotatable bonds is 8. The molecule has 0 aliphatic heterocycles. The molecule has 1 amide bonds. The molecular weight excluding hydrogens is 402 g/mol. The average molecular weight is 428 g/mol. The highest BCUT2D eigenvalue weighted by atomic mass is 35.5. The van der Waals surface area contributed by atoms with Crippen molar-refractivity contribution in [3.8, 4) is 5.75 Å². The van der Waals surface area contributed by atoms with E-state index in [9.17, 15) is 9.59 Å². The SMILES string of the molecule is CCCN(Cc1nc2cc(Cl)ccc2c(=O)[nH]1)C(=O)CCOc1cc(C)ccc1C. The lowest BCUT2D eigenvalue weighted by molar-refractivity contribution is -0.132. The Morgan fingerprint density at radius 2 is 2.00 bits per heavy atom. The number of nitrogens with zero attached hydrogens (tertiary/aromatic N) is 2. The maximum atomic E-state index is 12.8. The van der Waals surface area contributed by atoms with Crippen LogP contribution in [0.15, 0.2) is 41.2 Å². The number of nitrogens with one attached hydrogen (secondary N) is 1. The maximum absolute atomic E-state index is 12.8. The number of hydrogen-bond acceptors (Lipinski definition) is 4. The topological polar surface area (TPSA) is 75.3 Å². The number of fused-ring (bicyclic) bond motifs is 1. The highest BCUT2D eigenvalue weighted by Crippen LogP contribution is 2.19. The van der Waals surface area contributed by atoms with E-state index in [0.29, 0.717) is 34.9 Å². The van der Waals surface area contributed by atoms with Crippen LogP contribution >= 0.6 is 11.6 Å². The molecule has 7 heteroatoms. The summed E-state index contributed by atoms with van der Waals surface area (Å²) in [5.74, 6) is 1.19. The van der Waals surface area contributed by atoms with Gasteiger partial charge in [-0.25, -0.2) is 4.98 Å². The molecular formula is C23H26ClN3O3. The number of carbonyl (C=O) groups excluding carboxylic acids is 1. The number of H-pyrrole nitrogens is 1. The molecule has 0 fully saturated rings. The first kappa shape index (κ1) is 21.8. The Bertz CT molecular complexity index is 1110. The first-order chi connectivity index (χ1) is 14.4. The largest absolute Gasteiger partial charge is 0.493 e. The van der Waals surface area contributed by atoms with Gasteiger partial charge < -0.3 is 14.6 Å². The second kappa shape index (κ2) is 9.76. The van der Waals surface area contributed by atoms with Crippen molar-refractivity contribution < 1.29 is 9.53 Å². The molecule has 0 aliphatic rings. The lowest BCUT2D eigenvalue weighted by Crippen LogP contribution is -2.33. The van der Waals surface area contributed by atoms with Crippen LogP contribution < -0.4 is 10.3 Å². The Kier molecular flexibility index (Phi) is 7.11. The number of amides is 1. The molecule has 0 aliphatic carbocycles. The number of aromatic amines is 1. The lowest BCUT2D eigenvalue weighted by atomic mass is 10.1. The summed E-state index contributed by atoms with van der Waals surface area (Å²) in [6, 6.07) is 11.0. The van der Waals surface area contributed by atoms with Gasteiger partial charge in [-0.1, -0.05) is 30.7 Å². The van der Waals surface area contributed by atoms with E-state index in [4.69, 9.17) is 16.3 Å². The minimum absolute atomic E-state index is 0.0454. The third-order valence-electron chi connectivity index (χ3n) is 4.82. The fourth-order valence-corrected chi connectivity index (χ4v) is 3.41. The first-order valence-corrected chi connectivity index (χ1v) is 10.4. The van der Waals surface area contributed by atoms with Crippen molar-refractivity contribution in [3.05, 3.63) is 68.7 Å². The smallest absolute Gasteiger partial charge is 0.258 e. The molecule has 1 aromatic heterocycles. The van der Waals surface area contributed by atoms with Crippen LogP contribution in [0, 0.1) is 13.8 Å². The van der Waals surface area contributed by atoms with Crippen LogP contribution in [0.25, 0.3) is 10.9 Å². The van der Waals surface area contributed by atoms with E-state index in [1.165, 1.54) is 0 Å². The average Bonchev–Trinajstić information content (AvgIpc) is 2.70. The highest BCUT2D eigenvalue weighted by Gasteiger charge is 2.16. The van der Waals surface area contributed by atoms with Crippen molar-refractivity contribution in [3.63, 3.8) is 0 Å². The van der Waals surface area contributed by atoms with Gasteiger partial charge in [0, 0.05) is 11.6 Å². The number of carbonyl (C=O) groups is 1. The molecule has 0 spiro atoms. The molecule has 0 unspecified atom stereocenters. The van der Waals surface area contributed by atoms with Crippen LogP contribution in [-0.2, 0) is 11.3 Å². The molecule has 158 valence electrons. The van der Waals surface area contributed by atoms with Crippen molar-refractivity contribution in [1.82, 2.24) is 14.9 Å².